The maximum Gasteiger partial charge on any atom is 0.257 e. The fourth-order valence-electron chi connectivity index (χ4n) is 3.71. The number of carbonyl (C=O) groups is 1. The zero-order valence-corrected chi connectivity index (χ0v) is 16.7. The van der Waals surface area contributed by atoms with E-state index in [2.05, 4.69) is 25.3 Å². The molecule has 0 bridgehead atoms. The number of anilines is 1. The number of hydrogen-bond donors (Lipinski definition) is 2. The number of nitrogens with zero attached hydrogens (tertiary/aromatic N) is 4. The summed E-state index contributed by atoms with van der Waals surface area (Å²) in [7, 11) is 0. The van der Waals surface area contributed by atoms with Crippen molar-refractivity contribution in [2.24, 2.45) is 0 Å². The van der Waals surface area contributed by atoms with Gasteiger partial charge in [0.05, 0.1) is 5.56 Å². The van der Waals surface area contributed by atoms with Crippen molar-refractivity contribution in [3.63, 3.8) is 0 Å². The van der Waals surface area contributed by atoms with Crippen molar-refractivity contribution in [2.45, 2.75) is 17.4 Å². The van der Waals surface area contributed by atoms with Crippen molar-refractivity contribution in [1.82, 2.24) is 24.3 Å². The van der Waals surface area contributed by atoms with E-state index >= 15 is 0 Å². The van der Waals surface area contributed by atoms with E-state index in [1.165, 1.54) is 36.0 Å². The molecule has 0 aliphatic carbocycles. The summed E-state index contributed by atoms with van der Waals surface area (Å²) >= 11 is 1.43. The number of thioether (sulfide) groups is 1. The van der Waals surface area contributed by atoms with Gasteiger partial charge in [0, 0.05) is 18.6 Å². The van der Waals surface area contributed by atoms with Gasteiger partial charge in [-0.05, 0) is 30.9 Å². The van der Waals surface area contributed by atoms with Gasteiger partial charge in [-0.25, -0.2) is 19.3 Å². The van der Waals surface area contributed by atoms with Gasteiger partial charge < -0.3 is 14.7 Å². The number of aromatic nitrogens is 5. The quantitative estimate of drug-likeness (QED) is 0.492. The summed E-state index contributed by atoms with van der Waals surface area (Å²) in [6.45, 7) is 1.62. The minimum atomic E-state index is -1.28. The Kier molecular flexibility index (Phi) is 4.00. The van der Waals surface area contributed by atoms with Gasteiger partial charge in [-0.2, -0.15) is 0 Å². The Morgan fingerprint density at radius 1 is 1.17 bits per heavy atom. The molecule has 5 rings (SSSR count). The minimum absolute atomic E-state index is 0.170. The van der Waals surface area contributed by atoms with Crippen LogP contribution in [0.15, 0.2) is 52.7 Å². The van der Waals surface area contributed by atoms with Crippen molar-refractivity contribution in [1.29, 1.82) is 0 Å². The van der Waals surface area contributed by atoms with E-state index in [9.17, 15) is 14.0 Å². The molecule has 1 aliphatic rings. The second-order valence-electron chi connectivity index (χ2n) is 7.02. The van der Waals surface area contributed by atoms with Gasteiger partial charge in [0.2, 0.25) is 5.91 Å². The highest BCUT2D eigenvalue weighted by Crippen LogP contribution is 2.40. The normalized spacial score (nSPS) is 17.9. The molecular weight excluding hydrogens is 407 g/mol. The summed E-state index contributed by atoms with van der Waals surface area (Å²) in [6, 6.07) is 5.51. The number of nitrogens with one attached hydrogen (secondary N) is 2. The van der Waals surface area contributed by atoms with Crippen molar-refractivity contribution in [3.05, 3.63) is 70.2 Å². The Balaban J connectivity index is 1.68. The number of amides is 1. The molecule has 10 heteroatoms. The van der Waals surface area contributed by atoms with Crippen molar-refractivity contribution in [2.75, 3.05) is 11.6 Å². The van der Waals surface area contributed by atoms with E-state index in [-0.39, 0.29) is 17.2 Å². The SMILES string of the molecule is CSc1nc(-c2nc3c(c(=O)[nH]2)C(C)(c2ccc(F)cc2)C(=O)N3)cn2ccnc12. The molecule has 4 heterocycles. The van der Waals surface area contributed by atoms with Gasteiger partial charge >= 0.3 is 0 Å². The molecular formula is C20H15FN6O2S. The van der Waals surface area contributed by atoms with Crippen LogP contribution >= 0.6 is 11.8 Å². The molecule has 0 saturated carbocycles. The van der Waals surface area contributed by atoms with Gasteiger partial charge in [0.15, 0.2) is 11.5 Å². The lowest BCUT2D eigenvalue weighted by Crippen LogP contribution is -2.36. The summed E-state index contributed by atoms with van der Waals surface area (Å²) in [5.41, 5.74) is 0.0909. The summed E-state index contributed by atoms with van der Waals surface area (Å²) < 4.78 is 15.2. The lowest BCUT2D eigenvalue weighted by Gasteiger charge is -2.21. The standard InChI is InChI=1S/C20H15FN6O2S/c1-20(10-3-5-11(21)6-4-10)13-15(26-19(20)29)24-14(25-17(13)28)12-9-27-8-7-22-16(27)18(23-12)30-2/h3-9H,1-2H3,(H2,24,25,26,28,29). The second kappa shape index (κ2) is 6.49. The predicted octanol–water partition coefficient (Wildman–Crippen LogP) is 2.60. The fourth-order valence-corrected chi connectivity index (χ4v) is 4.24. The average molecular weight is 422 g/mol. The first-order chi connectivity index (χ1) is 14.4. The molecule has 1 aliphatic heterocycles. The molecule has 4 aromatic rings. The average Bonchev–Trinajstić information content (AvgIpc) is 3.30. The van der Waals surface area contributed by atoms with Crippen LogP contribution in [0.4, 0.5) is 10.2 Å². The van der Waals surface area contributed by atoms with E-state index in [0.29, 0.717) is 21.9 Å². The van der Waals surface area contributed by atoms with E-state index in [0.717, 1.165) is 0 Å². The topological polar surface area (TPSA) is 105 Å². The van der Waals surface area contributed by atoms with Gasteiger partial charge in [-0.3, -0.25) is 9.59 Å². The molecule has 0 spiro atoms. The Labute approximate surface area is 173 Å². The monoisotopic (exact) mass is 422 g/mol. The van der Waals surface area contributed by atoms with E-state index < -0.39 is 22.7 Å². The maximum atomic E-state index is 13.4. The third kappa shape index (κ3) is 2.57. The van der Waals surface area contributed by atoms with Crippen molar-refractivity contribution < 1.29 is 9.18 Å². The molecule has 3 aromatic heterocycles. The summed E-state index contributed by atoms with van der Waals surface area (Å²) in [6.07, 6.45) is 7.03. The largest absolute Gasteiger partial charge is 0.309 e. The van der Waals surface area contributed by atoms with Crippen LogP contribution in [0.3, 0.4) is 0 Å². The number of H-pyrrole nitrogens is 1. The van der Waals surface area contributed by atoms with Crippen LogP contribution in [0.25, 0.3) is 17.2 Å². The van der Waals surface area contributed by atoms with Crippen molar-refractivity contribution >= 4 is 29.1 Å². The first-order valence-electron chi connectivity index (χ1n) is 9.02. The molecule has 1 amide bonds. The number of hydrogen-bond acceptors (Lipinski definition) is 6. The van der Waals surface area contributed by atoms with Crippen LogP contribution < -0.4 is 10.9 Å². The molecule has 1 aromatic carbocycles. The molecule has 0 fully saturated rings. The smallest absolute Gasteiger partial charge is 0.257 e. The number of carbonyl (C=O) groups excluding carboxylic acids is 1. The minimum Gasteiger partial charge on any atom is -0.309 e. The molecule has 1 unspecified atom stereocenters. The van der Waals surface area contributed by atoms with Gasteiger partial charge in [0.1, 0.15) is 27.8 Å². The third-order valence-electron chi connectivity index (χ3n) is 5.31. The molecule has 2 N–H and O–H groups in total. The number of halogens is 1. The lowest BCUT2D eigenvalue weighted by atomic mass is 9.78. The molecule has 30 heavy (non-hydrogen) atoms. The van der Waals surface area contributed by atoms with Crippen LogP contribution in [0.5, 0.6) is 0 Å². The summed E-state index contributed by atoms with van der Waals surface area (Å²) in [4.78, 5) is 42.0. The first-order valence-corrected chi connectivity index (χ1v) is 10.2. The zero-order chi connectivity index (χ0) is 21.0. The molecule has 8 nitrogen and oxygen atoms in total. The van der Waals surface area contributed by atoms with Gasteiger partial charge in [0.25, 0.3) is 5.56 Å². The van der Waals surface area contributed by atoms with Crippen LogP contribution in [0.1, 0.15) is 18.1 Å². The van der Waals surface area contributed by atoms with Crippen molar-refractivity contribution in [3.8, 4) is 11.5 Å². The molecule has 0 saturated heterocycles. The highest BCUT2D eigenvalue weighted by molar-refractivity contribution is 7.98. The fraction of sp³-hybridized carbons (Fsp3) is 0.150. The lowest BCUT2D eigenvalue weighted by molar-refractivity contribution is -0.119. The van der Waals surface area contributed by atoms with Gasteiger partial charge in [-0.15, -0.1) is 11.8 Å². The highest BCUT2D eigenvalue weighted by atomic mass is 32.2. The Morgan fingerprint density at radius 3 is 2.67 bits per heavy atom. The summed E-state index contributed by atoms with van der Waals surface area (Å²) in [5, 5.41) is 3.38. The summed E-state index contributed by atoms with van der Waals surface area (Å²) in [5.74, 6) is -0.423. The highest BCUT2D eigenvalue weighted by Gasteiger charge is 2.47. The van der Waals surface area contributed by atoms with E-state index in [1.807, 2.05) is 6.26 Å². The van der Waals surface area contributed by atoms with Crippen LogP contribution in [0.2, 0.25) is 0 Å². The van der Waals surface area contributed by atoms with Crippen LogP contribution in [-0.4, -0.2) is 36.5 Å². The van der Waals surface area contributed by atoms with Crippen LogP contribution in [0, 0.1) is 5.82 Å². The second-order valence-corrected chi connectivity index (χ2v) is 7.81. The number of rotatable bonds is 3. The Bertz CT molecular complexity index is 1380. The molecule has 150 valence electrons. The van der Waals surface area contributed by atoms with E-state index in [4.69, 9.17) is 0 Å². The molecule has 0 radical (unpaired) electrons. The Morgan fingerprint density at radius 2 is 1.93 bits per heavy atom. The third-order valence-corrected chi connectivity index (χ3v) is 5.97. The van der Waals surface area contributed by atoms with Crippen LogP contribution in [-0.2, 0) is 10.2 Å². The molecule has 1 atom stereocenters. The van der Waals surface area contributed by atoms with E-state index in [1.54, 1.807) is 29.9 Å². The predicted molar refractivity (Wildman–Crippen MR) is 110 cm³/mol. The maximum absolute atomic E-state index is 13.4. The number of aromatic amines is 1. The number of imidazole rings is 1. The van der Waals surface area contributed by atoms with Gasteiger partial charge in [-0.1, -0.05) is 12.1 Å². The first kappa shape index (κ1) is 18.5. The number of benzene rings is 1. The Hall–Kier alpha value is -3.53. The number of fused-ring (bicyclic) bond motifs is 2. The zero-order valence-electron chi connectivity index (χ0n) is 15.9.